The summed E-state index contributed by atoms with van der Waals surface area (Å²) in [5, 5.41) is 3.44. The molecule has 2 aliphatic heterocycles. The van der Waals surface area contributed by atoms with Gasteiger partial charge in [0.1, 0.15) is 0 Å². The van der Waals surface area contributed by atoms with E-state index in [1.54, 1.807) is 0 Å². The molecule has 0 saturated carbocycles. The number of fused-ring (bicyclic) bond motifs is 2. The topological polar surface area (TPSA) is 34.2 Å². The summed E-state index contributed by atoms with van der Waals surface area (Å²) in [7, 11) is 0. The summed E-state index contributed by atoms with van der Waals surface area (Å²) in [4.78, 5) is 4.14. The monoisotopic (exact) mass is 190 g/mol. The van der Waals surface area contributed by atoms with Crippen molar-refractivity contribution in [1.82, 2.24) is 4.98 Å². The Morgan fingerprint density at radius 3 is 3.07 bits per heavy atom. The maximum atomic E-state index is 5.43. The summed E-state index contributed by atoms with van der Waals surface area (Å²) in [6, 6.07) is 2.15. The number of pyridine rings is 1. The predicted molar refractivity (Wildman–Crippen MR) is 54.5 cm³/mol. The van der Waals surface area contributed by atoms with Gasteiger partial charge in [-0.2, -0.15) is 0 Å². The Bertz CT molecular complexity index is 339. The molecule has 1 spiro atoms. The lowest BCUT2D eigenvalue weighted by Crippen LogP contribution is -2.35. The number of nitrogens with one attached hydrogen (secondary N) is 1. The third-order valence-electron chi connectivity index (χ3n) is 3.46. The second-order valence-corrected chi connectivity index (χ2v) is 4.17. The molecule has 3 nitrogen and oxygen atoms in total. The van der Waals surface area contributed by atoms with E-state index in [0.717, 1.165) is 32.6 Å². The Morgan fingerprint density at radius 1 is 1.36 bits per heavy atom. The van der Waals surface area contributed by atoms with Crippen LogP contribution in [0.15, 0.2) is 18.5 Å². The Balaban J connectivity index is 2.03. The van der Waals surface area contributed by atoms with Gasteiger partial charge < -0.3 is 10.1 Å². The van der Waals surface area contributed by atoms with Crippen LogP contribution >= 0.6 is 0 Å². The summed E-state index contributed by atoms with van der Waals surface area (Å²) in [6.07, 6.45) is 6.09. The molecule has 0 bridgehead atoms. The van der Waals surface area contributed by atoms with Crippen molar-refractivity contribution in [3.8, 4) is 0 Å². The maximum Gasteiger partial charge on any atom is 0.0565 e. The summed E-state index contributed by atoms with van der Waals surface area (Å²) < 4.78 is 5.43. The quantitative estimate of drug-likeness (QED) is 0.674. The Labute approximate surface area is 83.5 Å². The summed E-state index contributed by atoms with van der Waals surface area (Å²) in [5.74, 6) is 0. The van der Waals surface area contributed by atoms with E-state index in [0.29, 0.717) is 5.41 Å². The fraction of sp³-hybridized carbons (Fsp3) is 0.545. The number of nitrogens with zero attached hydrogens (tertiary/aromatic N) is 1. The molecule has 0 aliphatic carbocycles. The van der Waals surface area contributed by atoms with Crippen molar-refractivity contribution in [1.29, 1.82) is 0 Å². The standard InChI is InChI=1S/C11H14N2O/c1-4-12-7-10-9(1)11(8-13-10)2-5-14-6-3-11/h1,4,7,13H,2-3,5-6,8H2. The summed E-state index contributed by atoms with van der Waals surface area (Å²) in [6.45, 7) is 2.84. The minimum Gasteiger partial charge on any atom is -0.383 e. The number of ether oxygens (including phenoxy) is 1. The first-order chi connectivity index (χ1) is 6.91. The van der Waals surface area contributed by atoms with Gasteiger partial charge in [-0.1, -0.05) is 0 Å². The third-order valence-corrected chi connectivity index (χ3v) is 3.46. The molecule has 0 amide bonds. The zero-order valence-corrected chi connectivity index (χ0v) is 8.12. The average Bonchev–Trinajstić information content (AvgIpc) is 2.60. The fourth-order valence-corrected chi connectivity index (χ4v) is 2.57. The molecule has 3 heterocycles. The van der Waals surface area contributed by atoms with E-state index < -0.39 is 0 Å². The normalized spacial score (nSPS) is 23.1. The highest BCUT2D eigenvalue weighted by Crippen LogP contribution is 2.42. The lowest BCUT2D eigenvalue weighted by molar-refractivity contribution is 0.0567. The molecule has 74 valence electrons. The summed E-state index contributed by atoms with van der Waals surface area (Å²) in [5.41, 5.74) is 2.99. The van der Waals surface area contributed by atoms with E-state index in [-0.39, 0.29) is 0 Å². The number of hydrogen-bond acceptors (Lipinski definition) is 3. The highest BCUT2D eigenvalue weighted by Gasteiger charge is 2.39. The highest BCUT2D eigenvalue weighted by molar-refractivity contribution is 5.58. The summed E-state index contributed by atoms with van der Waals surface area (Å²) >= 11 is 0. The smallest absolute Gasteiger partial charge is 0.0565 e. The minimum absolute atomic E-state index is 0.330. The molecule has 1 fully saturated rings. The third kappa shape index (κ3) is 1.05. The van der Waals surface area contributed by atoms with Crippen molar-refractivity contribution >= 4 is 5.69 Å². The SMILES string of the molecule is c1cc2c(cn1)NCC21CCOCC1. The largest absolute Gasteiger partial charge is 0.383 e. The molecule has 0 atom stereocenters. The zero-order chi connectivity index (χ0) is 9.43. The van der Waals surface area contributed by atoms with Crippen LogP contribution in [-0.2, 0) is 10.2 Å². The second-order valence-electron chi connectivity index (χ2n) is 4.17. The second kappa shape index (κ2) is 2.95. The van der Waals surface area contributed by atoms with E-state index in [9.17, 15) is 0 Å². The zero-order valence-electron chi connectivity index (χ0n) is 8.12. The first-order valence-corrected chi connectivity index (χ1v) is 5.17. The lowest BCUT2D eigenvalue weighted by Gasteiger charge is -2.33. The number of aromatic nitrogens is 1. The van der Waals surface area contributed by atoms with Gasteiger partial charge in [0.05, 0.1) is 11.9 Å². The first-order valence-electron chi connectivity index (χ1n) is 5.17. The van der Waals surface area contributed by atoms with Crippen LogP contribution in [0.25, 0.3) is 0 Å². The van der Waals surface area contributed by atoms with Gasteiger partial charge in [-0.3, -0.25) is 4.98 Å². The number of hydrogen-bond donors (Lipinski definition) is 1. The van der Waals surface area contributed by atoms with Crippen LogP contribution < -0.4 is 5.32 Å². The van der Waals surface area contributed by atoms with E-state index in [1.165, 1.54) is 11.3 Å². The van der Waals surface area contributed by atoms with Crippen molar-refractivity contribution in [3.05, 3.63) is 24.0 Å². The van der Waals surface area contributed by atoms with Crippen LogP contribution in [0.3, 0.4) is 0 Å². The predicted octanol–water partition coefficient (Wildman–Crippen LogP) is 1.56. The van der Waals surface area contributed by atoms with E-state index in [4.69, 9.17) is 4.74 Å². The van der Waals surface area contributed by atoms with Gasteiger partial charge in [-0.25, -0.2) is 0 Å². The van der Waals surface area contributed by atoms with Crippen molar-refractivity contribution in [3.63, 3.8) is 0 Å². The molecular formula is C11H14N2O. The van der Waals surface area contributed by atoms with E-state index in [1.807, 2.05) is 12.4 Å². The Hall–Kier alpha value is -1.09. The highest BCUT2D eigenvalue weighted by atomic mass is 16.5. The Morgan fingerprint density at radius 2 is 2.21 bits per heavy atom. The molecule has 0 unspecified atom stereocenters. The van der Waals surface area contributed by atoms with Crippen molar-refractivity contribution in [2.45, 2.75) is 18.3 Å². The molecule has 1 N–H and O–H groups in total. The molecule has 2 aliphatic rings. The molecule has 3 rings (SSSR count). The van der Waals surface area contributed by atoms with Gasteiger partial charge in [-0.05, 0) is 24.5 Å². The molecule has 3 heteroatoms. The molecule has 1 saturated heterocycles. The van der Waals surface area contributed by atoms with E-state index in [2.05, 4.69) is 16.4 Å². The first kappa shape index (κ1) is 8.24. The van der Waals surface area contributed by atoms with Gasteiger partial charge >= 0.3 is 0 Å². The average molecular weight is 190 g/mol. The maximum absolute atomic E-state index is 5.43. The van der Waals surface area contributed by atoms with Crippen molar-refractivity contribution in [2.24, 2.45) is 0 Å². The van der Waals surface area contributed by atoms with E-state index >= 15 is 0 Å². The van der Waals surface area contributed by atoms with Crippen molar-refractivity contribution in [2.75, 3.05) is 25.1 Å². The van der Waals surface area contributed by atoms with Crippen LogP contribution in [0.2, 0.25) is 0 Å². The van der Waals surface area contributed by atoms with Gasteiger partial charge in [0.2, 0.25) is 0 Å². The molecule has 0 radical (unpaired) electrons. The fourth-order valence-electron chi connectivity index (χ4n) is 2.57. The molecule has 1 aromatic rings. The van der Waals surface area contributed by atoms with Gasteiger partial charge in [-0.15, -0.1) is 0 Å². The van der Waals surface area contributed by atoms with Gasteiger partial charge in [0.25, 0.3) is 0 Å². The molecule has 1 aromatic heterocycles. The van der Waals surface area contributed by atoms with Crippen molar-refractivity contribution < 1.29 is 4.74 Å². The van der Waals surface area contributed by atoms with Gasteiger partial charge in [0, 0.05) is 31.4 Å². The molecule has 0 aromatic carbocycles. The molecule has 14 heavy (non-hydrogen) atoms. The van der Waals surface area contributed by atoms with Crippen LogP contribution in [0.1, 0.15) is 18.4 Å². The Kier molecular flexibility index (Phi) is 1.74. The van der Waals surface area contributed by atoms with Crippen LogP contribution in [0.4, 0.5) is 5.69 Å². The lowest BCUT2D eigenvalue weighted by atomic mass is 9.76. The van der Waals surface area contributed by atoms with Crippen LogP contribution in [0.5, 0.6) is 0 Å². The van der Waals surface area contributed by atoms with Crippen LogP contribution in [-0.4, -0.2) is 24.7 Å². The number of anilines is 1. The minimum atomic E-state index is 0.330. The van der Waals surface area contributed by atoms with Crippen LogP contribution in [0, 0.1) is 0 Å². The van der Waals surface area contributed by atoms with Gasteiger partial charge in [0.15, 0.2) is 0 Å². The number of rotatable bonds is 0. The molecular weight excluding hydrogens is 176 g/mol.